The van der Waals surface area contributed by atoms with Gasteiger partial charge in [-0.3, -0.25) is 4.57 Å². The highest BCUT2D eigenvalue weighted by Gasteiger charge is 2.20. The van der Waals surface area contributed by atoms with Crippen LogP contribution in [0.2, 0.25) is 0 Å². The second-order valence-electron chi connectivity index (χ2n) is 7.28. The average Bonchev–Trinajstić information content (AvgIpc) is 2.74. The Labute approximate surface area is 200 Å². The first kappa shape index (κ1) is 25.7. The molecule has 0 saturated carbocycles. The Kier molecular flexibility index (Phi) is 8.73. The van der Waals surface area contributed by atoms with Crippen molar-refractivity contribution in [1.29, 1.82) is 0 Å². The molecule has 0 aliphatic heterocycles. The van der Waals surface area contributed by atoms with Gasteiger partial charge in [-0.05, 0) is 18.1 Å². The van der Waals surface area contributed by atoms with Crippen LogP contribution in [0.15, 0.2) is 97.6 Å². The number of benzene rings is 2. The molecular weight excluding hydrogens is 466 g/mol. The van der Waals surface area contributed by atoms with Gasteiger partial charge in [-0.15, -0.1) is 0 Å². The Morgan fingerprint density at radius 3 is 1.75 bits per heavy atom. The van der Waals surface area contributed by atoms with E-state index in [9.17, 15) is 14.4 Å². The van der Waals surface area contributed by atoms with Crippen LogP contribution in [0.1, 0.15) is 11.1 Å². The molecule has 5 nitrogen and oxygen atoms in total. The monoisotopic (exact) mass is 488 g/mol. The van der Waals surface area contributed by atoms with Crippen molar-refractivity contribution in [3.63, 3.8) is 0 Å². The van der Waals surface area contributed by atoms with Crippen molar-refractivity contribution >= 4 is 7.60 Å². The minimum atomic E-state index is -4.14. The third-order valence-electron chi connectivity index (χ3n) is 4.97. The van der Waals surface area contributed by atoms with Crippen molar-refractivity contribution in [3.05, 3.63) is 109 Å². The predicted octanol–water partition coefficient (Wildman–Crippen LogP) is -2.10. The van der Waals surface area contributed by atoms with E-state index in [0.717, 1.165) is 22.5 Å². The predicted molar refractivity (Wildman–Crippen MR) is 115 cm³/mol. The van der Waals surface area contributed by atoms with Crippen LogP contribution in [0.5, 0.6) is 0 Å². The van der Waals surface area contributed by atoms with E-state index in [4.69, 9.17) is 0 Å². The fourth-order valence-electron chi connectivity index (χ4n) is 3.41. The lowest BCUT2D eigenvalue weighted by atomic mass is 10.1. The fourth-order valence-corrected chi connectivity index (χ4v) is 4.12. The topological polar surface area (TPSA) is 65.3 Å². The molecule has 2 aromatic heterocycles. The van der Waals surface area contributed by atoms with Gasteiger partial charge in [0.1, 0.15) is 0 Å². The molecule has 4 rings (SSSR count). The molecule has 0 saturated heterocycles. The van der Waals surface area contributed by atoms with Gasteiger partial charge in [0, 0.05) is 48.0 Å². The molecule has 4 aromatic rings. The minimum Gasteiger partial charge on any atom is -1.00 e. The molecule has 0 radical (unpaired) electrons. The number of nitrogens with zero attached hydrogens (tertiary/aromatic N) is 2. The molecule has 0 aliphatic carbocycles. The van der Waals surface area contributed by atoms with Crippen LogP contribution in [0, 0.1) is 6.92 Å². The highest BCUT2D eigenvalue weighted by Crippen LogP contribution is 2.39. The highest BCUT2D eigenvalue weighted by molar-refractivity contribution is 7.50. The summed E-state index contributed by atoms with van der Waals surface area (Å²) in [5.74, 6) is 0. The average molecular weight is 489 g/mol. The second kappa shape index (κ2) is 10.9. The van der Waals surface area contributed by atoms with Crippen molar-refractivity contribution in [1.82, 2.24) is 0 Å². The van der Waals surface area contributed by atoms with Crippen LogP contribution in [0.25, 0.3) is 22.5 Å². The molecule has 0 unspecified atom stereocenters. The summed E-state index contributed by atoms with van der Waals surface area (Å²) in [4.78, 5) is 18.7. The Hall–Kier alpha value is -2.53. The maximum Gasteiger partial charge on any atom is 0.330 e. The van der Waals surface area contributed by atoms with Gasteiger partial charge in [0.25, 0.3) is 0 Å². The van der Waals surface area contributed by atoms with E-state index in [2.05, 4.69) is 47.9 Å². The summed E-state index contributed by atoms with van der Waals surface area (Å²) >= 11 is 0. The van der Waals surface area contributed by atoms with Crippen molar-refractivity contribution in [2.45, 2.75) is 13.1 Å². The zero-order valence-corrected chi connectivity index (χ0v) is 19.8. The molecule has 0 spiro atoms. The number of pyridine rings is 2. The Morgan fingerprint density at radius 1 is 0.719 bits per heavy atom. The molecule has 2 aromatic carbocycles. The zero-order chi connectivity index (χ0) is 21.1. The third-order valence-corrected chi connectivity index (χ3v) is 5.72. The van der Waals surface area contributed by atoms with E-state index in [1.165, 1.54) is 5.56 Å². The first-order valence-corrected chi connectivity index (χ1v) is 11.4. The molecule has 0 aliphatic rings. The molecule has 8 heteroatoms. The Bertz CT molecular complexity index is 1210. The van der Waals surface area contributed by atoms with Gasteiger partial charge in [0.2, 0.25) is 11.4 Å². The minimum absolute atomic E-state index is 0. The van der Waals surface area contributed by atoms with Crippen LogP contribution in [-0.2, 0) is 10.7 Å². The van der Waals surface area contributed by atoms with Crippen LogP contribution < -0.4 is 33.9 Å². The molecule has 2 heterocycles. The van der Waals surface area contributed by atoms with E-state index < -0.39 is 7.60 Å². The zero-order valence-electron chi connectivity index (χ0n) is 17.3. The molecule has 2 N–H and O–H groups in total. The molecule has 0 bridgehead atoms. The number of halogens is 2. The lowest BCUT2D eigenvalue weighted by molar-refractivity contribution is -0.596. The van der Waals surface area contributed by atoms with Gasteiger partial charge in [0.05, 0.1) is 6.16 Å². The quantitative estimate of drug-likeness (QED) is 0.250. The van der Waals surface area contributed by atoms with Gasteiger partial charge in [0.15, 0.2) is 24.8 Å². The maximum atomic E-state index is 11.5. The summed E-state index contributed by atoms with van der Waals surface area (Å²) in [6, 6.07) is 23.8. The largest absolute Gasteiger partial charge is 1.00 e. The summed E-state index contributed by atoms with van der Waals surface area (Å²) in [6.07, 6.45) is 7.62. The van der Waals surface area contributed by atoms with E-state index in [-0.39, 0.29) is 31.0 Å². The van der Waals surface area contributed by atoms with Crippen molar-refractivity contribution in [2.75, 3.05) is 0 Å². The molecule has 166 valence electrons. The van der Waals surface area contributed by atoms with Gasteiger partial charge >= 0.3 is 7.60 Å². The fraction of sp³-hybridized carbons (Fsp3) is 0.0833. The van der Waals surface area contributed by atoms with E-state index in [1.807, 2.05) is 53.6 Å². The Morgan fingerprint density at radius 2 is 1.22 bits per heavy atom. The normalized spacial score (nSPS) is 10.7. The molecule has 0 fully saturated rings. The van der Waals surface area contributed by atoms with E-state index in [1.54, 1.807) is 12.1 Å². The first-order valence-electron chi connectivity index (χ1n) is 9.62. The summed E-state index contributed by atoms with van der Waals surface area (Å²) in [7, 11) is -4.14. The maximum absolute atomic E-state index is 11.5. The summed E-state index contributed by atoms with van der Waals surface area (Å²) in [6.45, 7) is 2.07. The lowest BCUT2D eigenvalue weighted by Crippen LogP contribution is -3.00. The van der Waals surface area contributed by atoms with E-state index in [0.29, 0.717) is 5.56 Å². The van der Waals surface area contributed by atoms with Crippen LogP contribution in [0.4, 0.5) is 0 Å². The van der Waals surface area contributed by atoms with Gasteiger partial charge in [-0.2, -0.15) is 9.13 Å². The SMILES string of the molecule is Cc1ccc(-[n+]2ccc(-c3cc[n+](-c4ccccc4CP(=O)(O)O)cc3)cc2)cc1.[Cl-].[Cl-]. The van der Waals surface area contributed by atoms with Crippen molar-refractivity contribution in [2.24, 2.45) is 0 Å². The summed E-state index contributed by atoms with van der Waals surface area (Å²) in [5, 5.41) is 0. The number of aryl methyl sites for hydroxylation is 1. The molecular formula is C24H23Cl2N2O3P. The number of aromatic nitrogens is 2. The van der Waals surface area contributed by atoms with Gasteiger partial charge in [-0.1, -0.05) is 35.9 Å². The second-order valence-corrected chi connectivity index (χ2v) is 8.92. The standard InChI is InChI=1S/C24H21N2O3P.2ClH/c1-19-6-8-23(9-7-19)25-14-10-20(11-15-25)21-12-16-26(17-13-21)24-5-3-2-4-22(24)18-30(27,28)29;;/h2-17H,18H2,1H3;2*1H. The van der Waals surface area contributed by atoms with Crippen LogP contribution in [-0.4, -0.2) is 9.79 Å². The lowest BCUT2D eigenvalue weighted by Gasteiger charge is -2.07. The highest BCUT2D eigenvalue weighted by atomic mass is 35.5. The molecule has 0 amide bonds. The van der Waals surface area contributed by atoms with Crippen molar-refractivity contribution < 1.29 is 48.3 Å². The van der Waals surface area contributed by atoms with Gasteiger partial charge < -0.3 is 34.6 Å². The van der Waals surface area contributed by atoms with Crippen LogP contribution >= 0.6 is 7.60 Å². The number of rotatable bonds is 5. The smallest absolute Gasteiger partial charge is 0.330 e. The van der Waals surface area contributed by atoms with E-state index >= 15 is 0 Å². The number of hydrogen-bond acceptors (Lipinski definition) is 1. The van der Waals surface area contributed by atoms with Crippen molar-refractivity contribution in [3.8, 4) is 22.5 Å². The number of para-hydroxylation sites is 1. The molecule has 32 heavy (non-hydrogen) atoms. The number of hydrogen-bond donors (Lipinski definition) is 2. The summed E-state index contributed by atoms with van der Waals surface area (Å²) in [5.41, 5.74) is 5.87. The molecule has 0 atom stereocenters. The third kappa shape index (κ3) is 6.26. The summed E-state index contributed by atoms with van der Waals surface area (Å²) < 4.78 is 15.4. The van der Waals surface area contributed by atoms with Gasteiger partial charge in [-0.25, -0.2) is 0 Å². The van der Waals surface area contributed by atoms with Crippen LogP contribution in [0.3, 0.4) is 0 Å². The first-order chi connectivity index (χ1) is 14.4. The Balaban J connectivity index is 0.00000181.